The molecule has 0 spiro atoms. The van der Waals surface area contributed by atoms with Crippen molar-refractivity contribution >= 4 is 23.3 Å². The van der Waals surface area contributed by atoms with E-state index in [2.05, 4.69) is 15.4 Å². The van der Waals surface area contributed by atoms with Crippen molar-refractivity contribution < 1.29 is 4.79 Å². The van der Waals surface area contributed by atoms with Crippen LogP contribution in [0.3, 0.4) is 0 Å². The van der Waals surface area contributed by atoms with Gasteiger partial charge in [0, 0.05) is 30.4 Å². The van der Waals surface area contributed by atoms with Gasteiger partial charge in [0.05, 0.1) is 16.4 Å². The van der Waals surface area contributed by atoms with Crippen LogP contribution < -0.4 is 5.32 Å². The monoisotopic (exact) mass is 324 g/mol. The molecule has 5 nitrogen and oxygen atoms in total. The molecule has 0 atom stereocenters. The lowest BCUT2D eigenvalue weighted by Gasteiger charge is -2.09. The van der Waals surface area contributed by atoms with E-state index in [9.17, 15) is 4.79 Å². The van der Waals surface area contributed by atoms with Crippen LogP contribution in [0.4, 0.5) is 0 Å². The van der Waals surface area contributed by atoms with Gasteiger partial charge in [-0.15, -0.1) is 11.3 Å². The molecule has 0 fully saturated rings. The number of carbonyl (C=O) groups excluding carboxylic acids is 1. The molecular formula is C17H16N4OS. The fourth-order valence-corrected chi connectivity index (χ4v) is 2.73. The zero-order valence-corrected chi connectivity index (χ0v) is 13.5. The Labute approximate surface area is 138 Å². The van der Waals surface area contributed by atoms with Gasteiger partial charge in [0.1, 0.15) is 0 Å². The lowest BCUT2D eigenvalue weighted by molar-refractivity contribution is -0.116. The first-order valence-electron chi connectivity index (χ1n) is 7.18. The highest BCUT2D eigenvalue weighted by Gasteiger charge is 2.05. The van der Waals surface area contributed by atoms with E-state index in [0.29, 0.717) is 6.54 Å². The highest BCUT2D eigenvalue weighted by molar-refractivity contribution is 7.09. The summed E-state index contributed by atoms with van der Waals surface area (Å²) < 4.78 is 1.79. The Morgan fingerprint density at radius 3 is 2.96 bits per heavy atom. The Morgan fingerprint density at radius 2 is 2.22 bits per heavy atom. The number of carbonyl (C=O) groups is 1. The number of aryl methyl sites for hydroxylation is 1. The van der Waals surface area contributed by atoms with Gasteiger partial charge in [-0.25, -0.2) is 9.67 Å². The van der Waals surface area contributed by atoms with Crippen LogP contribution >= 0.6 is 11.3 Å². The molecule has 0 unspecified atom stereocenters. The average molecular weight is 324 g/mol. The third-order valence-electron chi connectivity index (χ3n) is 3.24. The van der Waals surface area contributed by atoms with E-state index in [-0.39, 0.29) is 5.91 Å². The van der Waals surface area contributed by atoms with Gasteiger partial charge < -0.3 is 5.32 Å². The van der Waals surface area contributed by atoms with Gasteiger partial charge in [-0.05, 0) is 30.7 Å². The molecule has 23 heavy (non-hydrogen) atoms. The number of hydrogen-bond acceptors (Lipinski definition) is 4. The van der Waals surface area contributed by atoms with Crippen molar-refractivity contribution in [3.63, 3.8) is 0 Å². The van der Waals surface area contributed by atoms with Crippen molar-refractivity contribution in [2.24, 2.45) is 0 Å². The summed E-state index contributed by atoms with van der Waals surface area (Å²) in [5, 5.41) is 10.0. The molecule has 1 N–H and O–H groups in total. The molecular weight excluding hydrogens is 308 g/mol. The highest BCUT2D eigenvalue weighted by Crippen LogP contribution is 2.13. The lowest BCUT2D eigenvalue weighted by atomic mass is 10.2. The number of nitrogens with one attached hydrogen (secondary N) is 1. The van der Waals surface area contributed by atoms with Crippen molar-refractivity contribution in [3.8, 4) is 5.69 Å². The van der Waals surface area contributed by atoms with E-state index >= 15 is 0 Å². The molecule has 3 rings (SSSR count). The molecule has 116 valence electrons. The van der Waals surface area contributed by atoms with E-state index < -0.39 is 0 Å². The molecule has 0 aliphatic rings. The summed E-state index contributed by atoms with van der Waals surface area (Å²) in [7, 11) is 0. The molecule has 0 bridgehead atoms. The second kappa shape index (κ2) is 7.02. The molecule has 0 saturated carbocycles. The van der Waals surface area contributed by atoms with Crippen LogP contribution in [-0.4, -0.2) is 20.7 Å². The molecule has 1 aromatic carbocycles. The second-order valence-electron chi connectivity index (χ2n) is 4.92. The van der Waals surface area contributed by atoms with Crippen LogP contribution in [0.1, 0.15) is 16.3 Å². The van der Waals surface area contributed by atoms with E-state index in [4.69, 9.17) is 0 Å². The predicted octanol–water partition coefficient (Wildman–Crippen LogP) is 2.97. The van der Waals surface area contributed by atoms with Crippen LogP contribution in [0.5, 0.6) is 0 Å². The quantitative estimate of drug-likeness (QED) is 0.734. The molecule has 0 radical (unpaired) electrons. The number of thiazole rings is 1. The number of para-hydroxylation sites is 1. The first-order chi connectivity index (χ1) is 11.2. The maximum Gasteiger partial charge on any atom is 0.244 e. The smallest absolute Gasteiger partial charge is 0.244 e. The molecule has 0 aliphatic heterocycles. The molecule has 3 aromatic rings. The summed E-state index contributed by atoms with van der Waals surface area (Å²) in [6.07, 6.45) is 6.84. The number of nitrogens with zero attached hydrogens (tertiary/aromatic N) is 3. The second-order valence-corrected chi connectivity index (χ2v) is 5.98. The number of benzene rings is 1. The SMILES string of the molecule is Cc1nc(/C=C\C(=O)NCc2ccccc2-n2cccn2)cs1. The minimum Gasteiger partial charge on any atom is -0.348 e. The van der Waals surface area contributed by atoms with Gasteiger partial charge in [-0.3, -0.25) is 4.79 Å². The first kappa shape index (κ1) is 15.2. The van der Waals surface area contributed by atoms with Gasteiger partial charge in [0.2, 0.25) is 5.91 Å². The molecule has 1 amide bonds. The van der Waals surface area contributed by atoms with Crippen LogP contribution in [0.2, 0.25) is 0 Å². The number of rotatable bonds is 5. The Bertz CT molecular complexity index is 821. The Kier molecular flexibility index (Phi) is 4.63. The van der Waals surface area contributed by atoms with E-state index in [1.165, 1.54) is 6.08 Å². The standard InChI is InChI=1S/C17H16N4OS/c1-13-20-15(12-23-13)7-8-17(22)18-11-14-5-2-3-6-16(14)21-10-4-9-19-21/h2-10,12H,11H2,1H3,(H,18,22)/b8-7-. The van der Waals surface area contributed by atoms with Crippen molar-refractivity contribution in [2.75, 3.05) is 0 Å². The van der Waals surface area contributed by atoms with Gasteiger partial charge in [0.15, 0.2) is 0 Å². The maximum atomic E-state index is 11.9. The minimum atomic E-state index is -0.147. The number of aromatic nitrogens is 3. The summed E-state index contributed by atoms with van der Waals surface area (Å²) in [6.45, 7) is 2.38. The van der Waals surface area contributed by atoms with Gasteiger partial charge in [-0.2, -0.15) is 5.10 Å². The van der Waals surface area contributed by atoms with Crippen LogP contribution in [-0.2, 0) is 11.3 Å². The van der Waals surface area contributed by atoms with Crippen LogP contribution in [0.15, 0.2) is 54.2 Å². The number of hydrogen-bond donors (Lipinski definition) is 1. The summed E-state index contributed by atoms with van der Waals surface area (Å²) in [4.78, 5) is 16.2. The van der Waals surface area contributed by atoms with E-state index in [0.717, 1.165) is 22.0 Å². The average Bonchev–Trinajstić information content (AvgIpc) is 3.23. The maximum absolute atomic E-state index is 11.9. The fraction of sp³-hybridized carbons (Fsp3) is 0.118. The van der Waals surface area contributed by atoms with Crippen LogP contribution in [0.25, 0.3) is 11.8 Å². The lowest BCUT2D eigenvalue weighted by Crippen LogP contribution is -2.21. The Hall–Kier alpha value is -2.73. The normalized spacial score (nSPS) is 11.0. The summed E-state index contributed by atoms with van der Waals surface area (Å²) in [5.74, 6) is -0.147. The predicted molar refractivity (Wildman–Crippen MR) is 91.3 cm³/mol. The van der Waals surface area contributed by atoms with Crippen LogP contribution in [0, 0.1) is 6.92 Å². The third-order valence-corrected chi connectivity index (χ3v) is 4.03. The van der Waals surface area contributed by atoms with E-state index in [1.807, 2.05) is 48.8 Å². The fourth-order valence-electron chi connectivity index (χ4n) is 2.15. The third kappa shape index (κ3) is 3.92. The van der Waals surface area contributed by atoms with E-state index in [1.54, 1.807) is 28.3 Å². The van der Waals surface area contributed by atoms with Gasteiger partial charge in [0.25, 0.3) is 0 Å². The Morgan fingerprint density at radius 1 is 1.35 bits per heavy atom. The zero-order chi connectivity index (χ0) is 16.1. The van der Waals surface area contributed by atoms with Crippen molar-refractivity contribution in [2.45, 2.75) is 13.5 Å². The first-order valence-corrected chi connectivity index (χ1v) is 8.06. The van der Waals surface area contributed by atoms with Crippen molar-refractivity contribution in [3.05, 3.63) is 70.4 Å². The number of amides is 1. The molecule has 0 saturated heterocycles. The van der Waals surface area contributed by atoms with Crippen molar-refractivity contribution in [1.29, 1.82) is 0 Å². The van der Waals surface area contributed by atoms with Gasteiger partial charge in [-0.1, -0.05) is 18.2 Å². The molecule has 2 aromatic heterocycles. The zero-order valence-electron chi connectivity index (χ0n) is 12.6. The molecule has 6 heteroatoms. The molecule has 2 heterocycles. The summed E-state index contributed by atoms with van der Waals surface area (Å²) in [6, 6.07) is 9.72. The largest absolute Gasteiger partial charge is 0.348 e. The van der Waals surface area contributed by atoms with Gasteiger partial charge >= 0.3 is 0 Å². The minimum absolute atomic E-state index is 0.147. The summed E-state index contributed by atoms with van der Waals surface area (Å²) in [5.41, 5.74) is 2.76. The Balaban J connectivity index is 1.64. The topological polar surface area (TPSA) is 59.8 Å². The molecule has 0 aliphatic carbocycles. The highest BCUT2D eigenvalue weighted by atomic mass is 32.1. The summed E-state index contributed by atoms with van der Waals surface area (Å²) >= 11 is 1.56. The van der Waals surface area contributed by atoms with Crippen molar-refractivity contribution in [1.82, 2.24) is 20.1 Å².